The van der Waals surface area contributed by atoms with E-state index in [1.165, 1.54) is 0 Å². The number of rotatable bonds is 2. The molecule has 6 heteroatoms. The summed E-state index contributed by atoms with van der Waals surface area (Å²) in [4.78, 5) is 15.4. The number of nitrogens with two attached hydrogens (primary N) is 1. The highest BCUT2D eigenvalue weighted by atomic mass is 16.5. The third-order valence-corrected chi connectivity index (χ3v) is 2.71. The minimum absolute atomic E-state index is 0.240. The lowest BCUT2D eigenvalue weighted by Gasteiger charge is -2.04. The van der Waals surface area contributed by atoms with E-state index in [9.17, 15) is 0 Å². The van der Waals surface area contributed by atoms with E-state index in [1.54, 1.807) is 25.6 Å². The Morgan fingerprint density at radius 2 is 1.90 bits per heavy atom. The van der Waals surface area contributed by atoms with Crippen LogP contribution in [0.2, 0.25) is 0 Å². The van der Waals surface area contributed by atoms with Crippen LogP contribution in [0.15, 0.2) is 30.7 Å². The van der Waals surface area contributed by atoms with E-state index in [-0.39, 0.29) is 5.95 Å². The standard InChI is InChI=1S/C12H11N5O.C2H6/c1-18-9-3-5-14-11-10(9)7(6-16-11)8-2-4-15-12(13)17-8;1-2/h2-6H,1H3,(H,14,16)(H2,13,15,17);1-2H3. The summed E-state index contributed by atoms with van der Waals surface area (Å²) in [6.07, 6.45) is 5.15. The zero-order valence-electron chi connectivity index (χ0n) is 11.7. The molecule has 0 radical (unpaired) electrons. The van der Waals surface area contributed by atoms with Crippen LogP contribution in [0.3, 0.4) is 0 Å². The maximum atomic E-state index is 5.60. The number of anilines is 1. The molecule has 0 atom stereocenters. The number of H-pyrrole nitrogens is 1. The lowest BCUT2D eigenvalue weighted by Crippen LogP contribution is -1.95. The topological polar surface area (TPSA) is 89.7 Å². The molecule has 104 valence electrons. The summed E-state index contributed by atoms with van der Waals surface area (Å²) in [5.74, 6) is 0.984. The van der Waals surface area contributed by atoms with E-state index < -0.39 is 0 Å². The maximum absolute atomic E-state index is 5.60. The second kappa shape index (κ2) is 6.01. The van der Waals surface area contributed by atoms with Crippen LogP contribution in [-0.4, -0.2) is 27.0 Å². The number of hydrogen-bond donors (Lipinski definition) is 2. The summed E-state index contributed by atoms with van der Waals surface area (Å²) in [5, 5.41) is 0.887. The van der Waals surface area contributed by atoms with Gasteiger partial charge in [0.15, 0.2) is 0 Å². The maximum Gasteiger partial charge on any atom is 0.220 e. The van der Waals surface area contributed by atoms with E-state index in [0.717, 1.165) is 28.0 Å². The van der Waals surface area contributed by atoms with Crippen LogP contribution in [0.5, 0.6) is 5.75 Å². The van der Waals surface area contributed by atoms with Gasteiger partial charge >= 0.3 is 0 Å². The van der Waals surface area contributed by atoms with E-state index in [2.05, 4.69) is 19.9 Å². The Bertz CT molecular complexity index is 708. The summed E-state index contributed by atoms with van der Waals surface area (Å²) >= 11 is 0. The molecule has 0 aliphatic carbocycles. The number of ether oxygens (including phenoxy) is 1. The molecule has 3 N–H and O–H groups in total. The van der Waals surface area contributed by atoms with Crippen molar-refractivity contribution >= 4 is 17.0 Å². The molecular formula is C14H17N5O. The summed E-state index contributed by atoms with van der Waals surface area (Å²) in [5.41, 5.74) is 7.98. The predicted octanol–water partition coefficient (Wildman–Crippen LogP) is 2.64. The third kappa shape index (κ3) is 2.40. The van der Waals surface area contributed by atoms with Gasteiger partial charge in [-0.15, -0.1) is 0 Å². The fraction of sp³-hybridized carbons (Fsp3) is 0.214. The van der Waals surface area contributed by atoms with Gasteiger partial charge in [0.05, 0.1) is 18.2 Å². The second-order valence-electron chi connectivity index (χ2n) is 3.74. The van der Waals surface area contributed by atoms with Crippen molar-refractivity contribution in [2.24, 2.45) is 0 Å². The summed E-state index contributed by atoms with van der Waals surface area (Å²) < 4.78 is 5.34. The molecule has 0 saturated heterocycles. The van der Waals surface area contributed by atoms with Crippen molar-refractivity contribution in [3.8, 4) is 17.0 Å². The Labute approximate surface area is 117 Å². The molecule has 0 fully saturated rings. The van der Waals surface area contributed by atoms with Crippen molar-refractivity contribution in [3.63, 3.8) is 0 Å². The fourth-order valence-electron chi connectivity index (χ4n) is 1.92. The smallest absolute Gasteiger partial charge is 0.220 e. The number of pyridine rings is 1. The van der Waals surface area contributed by atoms with E-state index in [1.807, 2.05) is 26.1 Å². The van der Waals surface area contributed by atoms with Crippen LogP contribution in [0.1, 0.15) is 13.8 Å². The van der Waals surface area contributed by atoms with Crippen molar-refractivity contribution in [2.75, 3.05) is 12.8 Å². The molecule has 0 unspecified atom stereocenters. The average molecular weight is 271 g/mol. The molecule has 0 aliphatic rings. The normalized spacial score (nSPS) is 9.95. The van der Waals surface area contributed by atoms with Crippen molar-refractivity contribution in [2.45, 2.75) is 13.8 Å². The van der Waals surface area contributed by atoms with Gasteiger partial charge in [0.25, 0.3) is 0 Å². The van der Waals surface area contributed by atoms with Gasteiger partial charge in [-0.1, -0.05) is 13.8 Å². The van der Waals surface area contributed by atoms with Crippen molar-refractivity contribution in [3.05, 3.63) is 30.7 Å². The highest BCUT2D eigenvalue weighted by molar-refractivity contribution is 5.97. The van der Waals surface area contributed by atoms with Crippen LogP contribution >= 0.6 is 0 Å². The molecule has 0 bridgehead atoms. The van der Waals surface area contributed by atoms with Crippen LogP contribution in [0, 0.1) is 0 Å². The van der Waals surface area contributed by atoms with Gasteiger partial charge in [-0.05, 0) is 12.1 Å². The van der Waals surface area contributed by atoms with Crippen LogP contribution in [0.25, 0.3) is 22.3 Å². The minimum atomic E-state index is 0.240. The number of nitrogens with one attached hydrogen (secondary N) is 1. The highest BCUT2D eigenvalue weighted by Gasteiger charge is 2.12. The Balaban J connectivity index is 0.000000704. The molecule has 3 aromatic rings. The van der Waals surface area contributed by atoms with Gasteiger partial charge in [0.2, 0.25) is 5.95 Å². The van der Waals surface area contributed by atoms with Gasteiger partial charge in [-0.3, -0.25) is 0 Å². The number of aromatic amines is 1. The molecule has 0 aliphatic heterocycles. The number of nitrogen functional groups attached to an aromatic ring is 1. The average Bonchev–Trinajstić information content (AvgIpc) is 2.93. The SMILES string of the molecule is CC.COc1ccnc2[nH]cc(-c3ccnc(N)n3)c12. The van der Waals surface area contributed by atoms with Gasteiger partial charge in [0, 0.05) is 24.2 Å². The first-order chi connectivity index (χ1) is 9.79. The van der Waals surface area contributed by atoms with Crippen molar-refractivity contribution < 1.29 is 4.74 Å². The second-order valence-corrected chi connectivity index (χ2v) is 3.74. The number of hydrogen-bond acceptors (Lipinski definition) is 5. The summed E-state index contributed by atoms with van der Waals surface area (Å²) in [6.45, 7) is 4.00. The first-order valence-corrected chi connectivity index (χ1v) is 6.38. The predicted molar refractivity (Wildman–Crippen MR) is 79.4 cm³/mol. The zero-order chi connectivity index (χ0) is 14.5. The molecule has 0 spiro atoms. The zero-order valence-corrected chi connectivity index (χ0v) is 11.7. The lowest BCUT2D eigenvalue weighted by atomic mass is 10.1. The van der Waals surface area contributed by atoms with Gasteiger partial charge in [0.1, 0.15) is 11.4 Å². The van der Waals surface area contributed by atoms with E-state index in [4.69, 9.17) is 10.5 Å². The molecule has 0 saturated carbocycles. The summed E-state index contributed by atoms with van der Waals surface area (Å²) in [7, 11) is 1.62. The molecule has 3 aromatic heterocycles. The third-order valence-electron chi connectivity index (χ3n) is 2.71. The molecular weight excluding hydrogens is 254 g/mol. The minimum Gasteiger partial charge on any atom is -0.496 e. The first-order valence-electron chi connectivity index (χ1n) is 6.38. The van der Waals surface area contributed by atoms with Crippen molar-refractivity contribution in [1.82, 2.24) is 19.9 Å². The van der Waals surface area contributed by atoms with E-state index >= 15 is 0 Å². The monoisotopic (exact) mass is 271 g/mol. The quantitative estimate of drug-likeness (QED) is 0.747. The van der Waals surface area contributed by atoms with Gasteiger partial charge < -0.3 is 15.5 Å². The Morgan fingerprint density at radius 1 is 1.15 bits per heavy atom. The van der Waals surface area contributed by atoms with Crippen LogP contribution in [0.4, 0.5) is 5.95 Å². The molecule has 0 amide bonds. The highest BCUT2D eigenvalue weighted by Crippen LogP contribution is 2.33. The Morgan fingerprint density at radius 3 is 2.60 bits per heavy atom. The number of nitrogens with zero attached hydrogens (tertiary/aromatic N) is 3. The first kappa shape index (κ1) is 13.8. The molecule has 20 heavy (non-hydrogen) atoms. The van der Waals surface area contributed by atoms with Gasteiger partial charge in [-0.25, -0.2) is 15.0 Å². The van der Waals surface area contributed by atoms with Crippen LogP contribution < -0.4 is 10.5 Å². The van der Waals surface area contributed by atoms with Gasteiger partial charge in [-0.2, -0.15) is 0 Å². The molecule has 0 aromatic carbocycles. The number of aromatic nitrogens is 4. The molecule has 3 rings (SSSR count). The van der Waals surface area contributed by atoms with Crippen LogP contribution in [-0.2, 0) is 0 Å². The number of methoxy groups -OCH3 is 1. The number of fused-ring (bicyclic) bond motifs is 1. The summed E-state index contributed by atoms with van der Waals surface area (Å²) in [6, 6.07) is 3.61. The Hall–Kier alpha value is -2.63. The molecule has 3 heterocycles. The lowest BCUT2D eigenvalue weighted by molar-refractivity contribution is 0.419. The van der Waals surface area contributed by atoms with Crippen molar-refractivity contribution in [1.29, 1.82) is 0 Å². The molecule has 6 nitrogen and oxygen atoms in total. The Kier molecular flexibility index (Phi) is 4.14. The fourth-order valence-corrected chi connectivity index (χ4v) is 1.92. The largest absolute Gasteiger partial charge is 0.496 e. The van der Waals surface area contributed by atoms with E-state index in [0.29, 0.717) is 0 Å².